The molecule has 0 saturated carbocycles. The molecule has 0 aliphatic heterocycles. The van der Waals surface area contributed by atoms with Gasteiger partial charge in [-0.15, -0.1) is 0 Å². The van der Waals surface area contributed by atoms with Crippen molar-refractivity contribution in [3.63, 3.8) is 0 Å². The maximum Gasteiger partial charge on any atom is 0.335 e. The molecule has 0 amide bonds. The van der Waals surface area contributed by atoms with Gasteiger partial charge >= 0.3 is 5.97 Å². The summed E-state index contributed by atoms with van der Waals surface area (Å²) in [4.78, 5) is 10.9. The van der Waals surface area contributed by atoms with Crippen LogP contribution in [-0.4, -0.2) is 19.5 Å². The highest BCUT2D eigenvalue weighted by atomic mass is 35.5. The van der Waals surface area contributed by atoms with Gasteiger partial charge in [-0.3, -0.25) is 0 Å². The first-order chi connectivity index (χ1) is 8.91. The van der Waals surface area contributed by atoms with E-state index in [1.165, 1.54) is 24.3 Å². The zero-order valence-corrected chi connectivity index (χ0v) is 11.1. The summed E-state index contributed by atoms with van der Waals surface area (Å²) in [6.07, 6.45) is 0. The van der Waals surface area contributed by atoms with E-state index in [0.29, 0.717) is 0 Å². The Kier molecular flexibility index (Phi) is 3.59. The molecule has 6 heteroatoms. The smallest absolute Gasteiger partial charge is 0.335 e. The molecule has 2 aromatic carbocycles. The number of benzene rings is 2. The monoisotopic (exact) mass is 296 g/mol. The number of rotatable bonds is 3. The van der Waals surface area contributed by atoms with E-state index in [1.807, 2.05) is 0 Å². The van der Waals surface area contributed by atoms with Crippen LogP contribution >= 0.6 is 11.6 Å². The summed E-state index contributed by atoms with van der Waals surface area (Å²) in [6, 6.07) is 11.3. The fourth-order valence-electron chi connectivity index (χ4n) is 1.58. The Labute approximate surface area is 115 Å². The Hall–Kier alpha value is -1.85. The van der Waals surface area contributed by atoms with Gasteiger partial charge in [-0.2, -0.15) is 0 Å². The Morgan fingerprint density at radius 1 is 1.00 bits per heavy atom. The lowest BCUT2D eigenvalue weighted by Crippen LogP contribution is -2.04. The third kappa shape index (κ3) is 2.77. The quantitative estimate of drug-likeness (QED) is 0.945. The van der Waals surface area contributed by atoms with Crippen molar-refractivity contribution in [2.75, 3.05) is 0 Å². The Morgan fingerprint density at radius 2 is 1.63 bits per heavy atom. The van der Waals surface area contributed by atoms with Crippen molar-refractivity contribution in [2.24, 2.45) is 0 Å². The molecular formula is C13H9ClO4S. The predicted octanol–water partition coefficient (Wildman–Crippen LogP) is 2.87. The van der Waals surface area contributed by atoms with Crippen molar-refractivity contribution in [1.29, 1.82) is 0 Å². The van der Waals surface area contributed by atoms with E-state index in [4.69, 9.17) is 16.7 Å². The molecule has 0 atom stereocenters. The third-order valence-corrected chi connectivity index (χ3v) is 4.45. The van der Waals surface area contributed by atoms with Crippen LogP contribution in [0.5, 0.6) is 0 Å². The molecule has 2 rings (SSSR count). The van der Waals surface area contributed by atoms with Crippen LogP contribution in [0.2, 0.25) is 5.02 Å². The van der Waals surface area contributed by atoms with Gasteiger partial charge in [0.25, 0.3) is 0 Å². The van der Waals surface area contributed by atoms with Crippen LogP contribution in [0.3, 0.4) is 0 Å². The minimum Gasteiger partial charge on any atom is -0.478 e. The summed E-state index contributed by atoms with van der Waals surface area (Å²) >= 11 is 5.76. The summed E-state index contributed by atoms with van der Waals surface area (Å²) in [6.45, 7) is 0. The molecule has 0 spiro atoms. The summed E-state index contributed by atoms with van der Waals surface area (Å²) in [5, 5.41) is 8.98. The first kappa shape index (κ1) is 13.6. The van der Waals surface area contributed by atoms with E-state index in [9.17, 15) is 13.2 Å². The molecule has 4 nitrogen and oxygen atoms in total. The van der Waals surface area contributed by atoms with Gasteiger partial charge in [0.15, 0.2) is 0 Å². The number of aromatic carboxylic acids is 1. The van der Waals surface area contributed by atoms with Crippen LogP contribution in [0.1, 0.15) is 10.4 Å². The van der Waals surface area contributed by atoms with Gasteiger partial charge in [0, 0.05) is 5.02 Å². The van der Waals surface area contributed by atoms with Crippen molar-refractivity contribution in [3.05, 3.63) is 59.1 Å². The first-order valence-electron chi connectivity index (χ1n) is 5.25. The van der Waals surface area contributed by atoms with Gasteiger partial charge in [-0.1, -0.05) is 29.8 Å². The van der Waals surface area contributed by atoms with E-state index in [0.717, 1.165) is 6.07 Å². The average molecular weight is 297 g/mol. The van der Waals surface area contributed by atoms with Crippen molar-refractivity contribution in [2.45, 2.75) is 9.79 Å². The van der Waals surface area contributed by atoms with Crippen molar-refractivity contribution >= 4 is 27.4 Å². The minimum absolute atomic E-state index is 0.0643. The summed E-state index contributed by atoms with van der Waals surface area (Å²) in [7, 11) is -3.77. The number of hydrogen-bond donors (Lipinski definition) is 1. The average Bonchev–Trinajstić information content (AvgIpc) is 2.39. The van der Waals surface area contributed by atoms with E-state index < -0.39 is 15.8 Å². The largest absolute Gasteiger partial charge is 0.478 e. The molecule has 0 heterocycles. The number of carboxylic acids is 1. The molecule has 2 aromatic rings. The number of carbonyl (C=O) groups is 1. The van der Waals surface area contributed by atoms with Crippen molar-refractivity contribution in [1.82, 2.24) is 0 Å². The number of sulfone groups is 1. The molecule has 0 unspecified atom stereocenters. The summed E-state index contributed by atoms with van der Waals surface area (Å²) in [5.74, 6) is -1.23. The first-order valence-corrected chi connectivity index (χ1v) is 7.11. The maximum absolute atomic E-state index is 12.3. The van der Waals surface area contributed by atoms with Gasteiger partial charge in [-0.05, 0) is 30.3 Å². The standard InChI is InChI=1S/C13H9ClO4S/c14-10-6-9(13(15)16)7-12(8-10)19(17,18)11-4-2-1-3-5-11/h1-8H,(H,15,16). The Bertz CT molecular complexity index is 724. The normalized spacial score (nSPS) is 11.2. The maximum atomic E-state index is 12.3. The second-order valence-electron chi connectivity index (χ2n) is 3.80. The molecular weight excluding hydrogens is 288 g/mol. The fraction of sp³-hybridized carbons (Fsp3) is 0. The van der Waals surface area contributed by atoms with Gasteiger partial charge in [0.2, 0.25) is 9.84 Å². The van der Waals surface area contributed by atoms with Gasteiger partial charge in [0.05, 0.1) is 15.4 Å². The fourth-order valence-corrected chi connectivity index (χ4v) is 3.23. The van der Waals surface area contributed by atoms with Crippen molar-refractivity contribution < 1.29 is 18.3 Å². The van der Waals surface area contributed by atoms with Gasteiger partial charge < -0.3 is 5.11 Å². The van der Waals surface area contributed by atoms with Crippen LogP contribution < -0.4 is 0 Å². The molecule has 0 aliphatic carbocycles. The molecule has 0 aliphatic rings. The number of halogens is 1. The highest BCUT2D eigenvalue weighted by molar-refractivity contribution is 7.91. The van der Waals surface area contributed by atoms with Crippen LogP contribution in [0, 0.1) is 0 Å². The number of hydrogen-bond acceptors (Lipinski definition) is 3. The molecule has 19 heavy (non-hydrogen) atoms. The second kappa shape index (κ2) is 5.03. The van der Waals surface area contributed by atoms with Crippen LogP contribution in [-0.2, 0) is 9.84 Å². The molecule has 98 valence electrons. The lowest BCUT2D eigenvalue weighted by molar-refractivity contribution is 0.0696. The topological polar surface area (TPSA) is 71.4 Å². The van der Waals surface area contributed by atoms with E-state index >= 15 is 0 Å². The molecule has 0 bridgehead atoms. The van der Waals surface area contributed by atoms with Gasteiger partial charge in [-0.25, -0.2) is 13.2 Å². The van der Waals surface area contributed by atoms with Crippen LogP contribution in [0.15, 0.2) is 58.3 Å². The molecule has 1 N–H and O–H groups in total. The molecule has 0 saturated heterocycles. The van der Waals surface area contributed by atoms with E-state index in [1.54, 1.807) is 18.2 Å². The second-order valence-corrected chi connectivity index (χ2v) is 6.18. The predicted molar refractivity (Wildman–Crippen MR) is 70.3 cm³/mol. The Morgan fingerprint density at radius 3 is 2.21 bits per heavy atom. The van der Waals surface area contributed by atoms with E-state index in [-0.39, 0.29) is 20.4 Å². The zero-order chi connectivity index (χ0) is 14.0. The highest BCUT2D eigenvalue weighted by Crippen LogP contribution is 2.25. The lowest BCUT2D eigenvalue weighted by atomic mass is 10.2. The summed E-state index contributed by atoms with van der Waals surface area (Å²) in [5.41, 5.74) is -0.165. The zero-order valence-electron chi connectivity index (χ0n) is 9.58. The number of carboxylic acid groups (broad SMARTS) is 1. The SMILES string of the molecule is O=C(O)c1cc(Cl)cc(S(=O)(=O)c2ccccc2)c1. The molecule has 0 aromatic heterocycles. The Balaban J connectivity index is 2.62. The highest BCUT2D eigenvalue weighted by Gasteiger charge is 2.19. The third-order valence-electron chi connectivity index (χ3n) is 2.48. The van der Waals surface area contributed by atoms with Crippen LogP contribution in [0.25, 0.3) is 0 Å². The van der Waals surface area contributed by atoms with E-state index in [2.05, 4.69) is 0 Å². The summed E-state index contributed by atoms with van der Waals surface area (Å²) < 4.78 is 24.6. The molecule has 0 fully saturated rings. The molecule has 0 radical (unpaired) electrons. The van der Waals surface area contributed by atoms with Crippen molar-refractivity contribution in [3.8, 4) is 0 Å². The van der Waals surface area contributed by atoms with Crippen LogP contribution in [0.4, 0.5) is 0 Å². The van der Waals surface area contributed by atoms with Gasteiger partial charge in [0.1, 0.15) is 0 Å². The lowest BCUT2D eigenvalue weighted by Gasteiger charge is -2.06. The minimum atomic E-state index is -3.77.